The third-order valence-corrected chi connectivity index (χ3v) is 6.35. The van der Waals surface area contributed by atoms with Gasteiger partial charge in [0, 0.05) is 18.1 Å². The van der Waals surface area contributed by atoms with E-state index in [2.05, 4.69) is 11.9 Å². The Kier molecular flexibility index (Phi) is 5.10. The molecule has 150 valence electrons. The maximum absolute atomic E-state index is 13.3. The largest absolute Gasteiger partial charge is 0.465 e. The van der Waals surface area contributed by atoms with E-state index >= 15 is 0 Å². The van der Waals surface area contributed by atoms with E-state index in [1.54, 1.807) is 31.2 Å². The molecule has 0 saturated carbocycles. The molecule has 0 aliphatic carbocycles. The van der Waals surface area contributed by atoms with Crippen LogP contribution in [0.1, 0.15) is 45.1 Å². The fraction of sp³-hybridized carbons (Fsp3) is 0.571. The monoisotopic (exact) mass is 385 g/mol. The number of piperidine rings is 2. The summed E-state index contributed by atoms with van der Waals surface area (Å²) in [5.74, 6) is -0.472. The van der Waals surface area contributed by atoms with Crippen LogP contribution in [-0.2, 0) is 16.1 Å². The van der Waals surface area contributed by atoms with E-state index in [1.165, 1.54) is 15.6 Å². The summed E-state index contributed by atoms with van der Waals surface area (Å²) in [7, 11) is 2.15. The number of nitrogens with zero attached hydrogens (tertiary/aromatic N) is 3. The average Bonchev–Trinajstić information content (AvgIpc) is 2.66. The number of carbonyl (C=O) groups excluding carboxylic acids is 1. The van der Waals surface area contributed by atoms with Crippen molar-refractivity contribution in [2.24, 2.45) is 0 Å². The number of hydrogen-bond donors (Lipinski definition) is 0. The molecule has 2 aliphatic heterocycles. The molecule has 28 heavy (non-hydrogen) atoms. The molecule has 2 aromatic rings. The molecule has 1 aromatic heterocycles. The van der Waals surface area contributed by atoms with Gasteiger partial charge in [0.25, 0.3) is 5.56 Å². The molecule has 7 nitrogen and oxygen atoms in total. The molecule has 7 heteroatoms. The lowest BCUT2D eigenvalue weighted by molar-refractivity contribution is -0.143. The van der Waals surface area contributed by atoms with Crippen LogP contribution in [-0.4, -0.2) is 45.7 Å². The second-order valence-corrected chi connectivity index (χ2v) is 7.90. The number of para-hydroxylation sites is 1. The summed E-state index contributed by atoms with van der Waals surface area (Å²) in [5.41, 5.74) is -0.187. The summed E-state index contributed by atoms with van der Waals surface area (Å²) in [4.78, 5) is 41.1. The van der Waals surface area contributed by atoms with Gasteiger partial charge in [0.1, 0.15) is 6.54 Å². The van der Waals surface area contributed by atoms with Gasteiger partial charge in [-0.1, -0.05) is 18.6 Å². The van der Waals surface area contributed by atoms with E-state index in [4.69, 9.17) is 4.74 Å². The molecule has 0 radical (unpaired) electrons. The molecule has 2 saturated heterocycles. The van der Waals surface area contributed by atoms with Crippen LogP contribution in [0.25, 0.3) is 10.9 Å². The molecule has 2 bridgehead atoms. The van der Waals surface area contributed by atoms with Gasteiger partial charge in [0.05, 0.1) is 17.5 Å². The smallest absolute Gasteiger partial charge is 0.332 e. The summed E-state index contributed by atoms with van der Waals surface area (Å²) in [5, 5.41) is 0.468. The van der Waals surface area contributed by atoms with E-state index in [1.807, 2.05) is 0 Å². The van der Waals surface area contributed by atoms with Crippen LogP contribution < -0.4 is 11.2 Å². The van der Waals surface area contributed by atoms with Crippen molar-refractivity contribution in [3.05, 3.63) is 45.1 Å². The van der Waals surface area contributed by atoms with Crippen molar-refractivity contribution in [2.75, 3.05) is 13.7 Å². The molecule has 2 aliphatic rings. The van der Waals surface area contributed by atoms with E-state index in [0.717, 1.165) is 25.7 Å². The predicted octanol–water partition coefficient (Wildman–Crippen LogP) is 1.91. The Morgan fingerprint density at radius 1 is 1.11 bits per heavy atom. The Morgan fingerprint density at radius 2 is 1.79 bits per heavy atom. The molecule has 0 amide bonds. The van der Waals surface area contributed by atoms with Crippen molar-refractivity contribution in [1.82, 2.24) is 14.0 Å². The van der Waals surface area contributed by atoms with Gasteiger partial charge in [-0.3, -0.25) is 18.7 Å². The molecule has 1 aromatic carbocycles. The van der Waals surface area contributed by atoms with Crippen molar-refractivity contribution < 1.29 is 9.53 Å². The molecule has 3 heterocycles. The summed E-state index contributed by atoms with van der Waals surface area (Å²) in [6, 6.07) is 7.66. The van der Waals surface area contributed by atoms with Gasteiger partial charge in [-0.25, -0.2) is 4.79 Å². The Labute approximate surface area is 163 Å². The second kappa shape index (κ2) is 7.54. The number of benzene rings is 1. The van der Waals surface area contributed by atoms with Gasteiger partial charge in [-0.2, -0.15) is 0 Å². The van der Waals surface area contributed by atoms with Crippen LogP contribution in [0, 0.1) is 0 Å². The first kappa shape index (κ1) is 18.9. The normalized spacial score (nSPS) is 25.0. The van der Waals surface area contributed by atoms with Crippen LogP contribution in [0.15, 0.2) is 33.9 Å². The molecule has 2 fully saturated rings. The van der Waals surface area contributed by atoms with Gasteiger partial charge in [0.15, 0.2) is 0 Å². The maximum atomic E-state index is 13.3. The molecule has 2 atom stereocenters. The topological polar surface area (TPSA) is 73.5 Å². The summed E-state index contributed by atoms with van der Waals surface area (Å²) < 4.78 is 7.84. The van der Waals surface area contributed by atoms with E-state index in [0.29, 0.717) is 23.0 Å². The summed E-state index contributed by atoms with van der Waals surface area (Å²) in [6.45, 7) is 1.80. The van der Waals surface area contributed by atoms with Crippen molar-refractivity contribution in [3.63, 3.8) is 0 Å². The Morgan fingerprint density at radius 3 is 2.46 bits per heavy atom. The van der Waals surface area contributed by atoms with Gasteiger partial charge >= 0.3 is 11.7 Å². The van der Waals surface area contributed by atoms with Crippen molar-refractivity contribution >= 4 is 16.9 Å². The van der Waals surface area contributed by atoms with Crippen molar-refractivity contribution in [1.29, 1.82) is 0 Å². The number of rotatable bonds is 4. The molecule has 0 N–H and O–H groups in total. The Hall–Kier alpha value is -2.41. The van der Waals surface area contributed by atoms with E-state index in [-0.39, 0.29) is 24.8 Å². The lowest BCUT2D eigenvalue weighted by Crippen LogP contribution is -2.53. The fourth-order valence-electron chi connectivity index (χ4n) is 4.95. The Bertz CT molecular complexity index is 995. The minimum absolute atomic E-state index is 0.135. The predicted molar refractivity (Wildman–Crippen MR) is 107 cm³/mol. The first-order chi connectivity index (χ1) is 13.5. The molecular formula is C21H27N3O4. The van der Waals surface area contributed by atoms with Gasteiger partial charge in [-0.15, -0.1) is 0 Å². The number of ether oxygens (including phenoxy) is 1. The quantitative estimate of drug-likeness (QED) is 0.752. The fourth-order valence-corrected chi connectivity index (χ4v) is 4.95. The minimum atomic E-state index is -0.472. The summed E-state index contributed by atoms with van der Waals surface area (Å²) >= 11 is 0. The molecular weight excluding hydrogens is 358 g/mol. The third-order valence-electron chi connectivity index (χ3n) is 6.35. The van der Waals surface area contributed by atoms with Crippen molar-refractivity contribution in [3.8, 4) is 0 Å². The lowest BCUT2D eigenvalue weighted by atomic mass is 9.82. The Balaban J connectivity index is 1.84. The molecule has 0 spiro atoms. The average molecular weight is 385 g/mol. The van der Waals surface area contributed by atoms with E-state index in [9.17, 15) is 14.4 Å². The second-order valence-electron chi connectivity index (χ2n) is 7.90. The molecule has 4 rings (SSSR count). The zero-order valence-electron chi connectivity index (χ0n) is 16.5. The van der Waals surface area contributed by atoms with Crippen LogP contribution in [0.3, 0.4) is 0 Å². The SMILES string of the molecule is CCOC(=O)Cn1c(=O)n(C2CC3CCCC(C2)N3C)c(=O)c2ccccc21. The maximum Gasteiger partial charge on any atom is 0.332 e. The third kappa shape index (κ3) is 3.17. The highest BCUT2D eigenvalue weighted by Gasteiger charge is 2.38. The highest BCUT2D eigenvalue weighted by molar-refractivity contribution is 5.80. The first-order valence-corrected chi connectivity index (χ1v) is 10.1. The van der Waals surface area contributed by atoms with Gasteiger partial charge in [-0.05, 0) is 51.8 Å². The lowest BCUT2D eigenvalue weighted by Gasteiger charge is -2.47. The number of aromatic nitrogens is 2. The zero-order valence-corrected chi connectivity index (χ0v) is 16.5. The van der Waals surface area contributed by atoms with Crippen LogP contribution >= 0.6 is 0 Å². The highest BCUT2D eigenvalue weighted by atomic mass is 16.5. The van der Waals surface area contributed by atoms with Gasteiger partial charge in [0.2, 0.25) is 0 Å². The van der Waals surface area contributed by atoms with Crippen LogP contribution in [0.2, 0.25) is 0 Å². The first-order valence-electron chi connectivity index (χ1n) is 10.1. The summed E-state index contributed by atoms with van der Waals surface area (Å²) in [6.07, 6.45) is 4.98. The van der Waals surface area contributed by atoms with Crippen LogP contribution in [0.4, 0.5) is 0 Å². The minimum Gasteiger partial charge on any atom is -0.465 e. The number of fused-ring (bicyclic) bond motifs is 3. The number of esters is 1. The standard InChI is InChI=1S/C21H27N3O4/c1-3-28-19(25)13-23-18-10-5-4-9-17(18)20(26)24(21(23)27)16-11-14-7-6-8-15(12-16)22(14)2/h4-5,9-10,14-16H,3,6-8,11-13H2,1-2H3. The number of hydrogen-bond acceptors (Lipinski definition) is 5. The van der Waals surface area contributed by atoms with Gasteiger partial charge < -0.3 is 9.64 Å². The van der Waals surface area contributed by atoms with Crippen molar-refractivity contribution in [2.45, 2.75) is 63.7 Å². The molecule has 2 unspecified atom stereocenters. The van der Waals surface area contributed by atoms with E-state index < -0.39 is 11.7 Å². The highest BCUT2D eigenvalue weighted by Crippen LogP contribution is 2.37. The zero-order chi connectivity index (χ0) is 19.8. The van der Waals surface area contributed by atoms with Crippen LogP contribution in [0.5, 0.6) is 0 Å². The number of carbonyl (C=O) groups is 1.